The molecule has 0 fully saturated rings. The number of nitrogens with one attached hydrogen (secondary N) is 3. The summed E-state index contributed by atoms with van der Waals surface area (Å²) in [7, 11) is 0. The lowest BCUT2D eigenvalue weighted by atomic mass is 10.1. The number of hydrogen-bond acceptors (Lipinski definition) is 3. The Morgan fingerprint density at radius 3 is 2.50 bits per heavy atom. The predicted molar refractivity (Wildman–Crippen MR) is 118 cm³/mol. The molecule has 148 valence electrons. The number of nitrogens with zero attached hydrogens (tertiary/aromatic N) is 1. The van der Waals surface area contributed by atoms with E-state index in [0.717, 1.165) is 17.9 Å². The first kappa shape index (κ1) is 24.5. The van der Waals surface area contributed by atoms with Crippen LogP contribution in [0.1, 0.15) is 47.1 Å². The molecule has 0 saturated carbocycles. The molecule has 7 heteroatoms. The molecule has 0 saturated heterocycles. The van der Waals surface area contributed by atoms with Gasteiger partial charge in [-0.2, -0.15) is 0 Å². The molecule has 3 N–H and O–H groups in total. The minimum Gasteiger partial charge on any atom is -0.491 e. The summed E-state index contributed by atoms with van der Waals surface area (Å²) >= 11 is 0. The van der Waals surface area contributed by atoms with Gasteiger partial charge >= 0.3 is 0 Å². The highest BCUT2D eigenvalue weighted by Gasteiger charge is 2.13. The molecule has 1 amide bonds. The highest BCUT2D eigenvalue weighted by Crippen LogP contribution is 2.15. The lowest BCUT2D eigenvalue weighted by molar-refractivity contribution is -0.121. The smallest absolute Gasteiger partial charge is 0.239 e. The number of benzene rings is 1. The van der Waals surface area contributed by atoms with Gasteiger partial charge in [0.15, 0.2) is 5.96 Å². The van der Waals surface area contributed by atoms with Crippen LogP contribution in [0, 0.1) is 0 Å². The zero-order valence-electron chi connectivity index (χ0n) is 16.7. The molecule has 0 unspecified atom stereocenters. The fourth-order valence-electron chi connectivity index (χ4n) is 2.13. The average Bonchev–Trinajstić information content (AvgIpc) is 2.48. The van der Waals surface area contributed by atoms with Gasteiger partial charge in [-0.05, 0) is 59.2 Å². The number of carbonyl (C=O) groups is 1. The van der Waals surface area contributed by atoms with Crippen molar-refractivity contribution in [3.05, 3.63) is 29.8 Å². The maximum atomic E-state index is 11.9. The maximum absolute atomic E-state index is 11.9. The van der Waals surface area contributed by atoms with E-state index in [9.17, 15) is 4.79 Å². The van der Waals surface area contributed by atoms with E-state index in [2.05, 4.69) is 20.9 Å². The van der Waals surface area contributed by atoms with Gasteiger partial charge in [-0.25, -0.2) is 4.99 Å². The van der Waals surface area contributed by atoms with Gasteiger partial charge in [0.25, 0.3) is 0 Å². The number of carbonyl (C=O) groups excluding carboxylic acids is 1. The largest absolute Gasteiger partial charge is 0.491 e. The van der Waals surface area contributed by atoms with Crippen LogP contribution < -0.4 is 20.7 Å². The van der Waals surface area contributed by atoms with Gasteiger partial charge in [0, 0.05) is 12.1 Å². The average molecular weight is 476 g/mol. The summed E-state index contributed by atoms with van der Waals surface area (Å²) in [6.07, 6.45) is 0.138. The second kappa shape index (κ2) is 12.0. The summed E-state index contributed by atoms with van der Waals surface area (Å²) < 4.78 is 5.70. The number of halogens is 1. The standard InChI is InChI=1S/C19H32N4O2.HI/c1-7-20-18(22-13-17(24)23-19(4,5)6)21-12-15-9-8-10-16(11-15)25-14(2)3;/h8-11,14H,7,12-13H2,1-6H3,(H,23,24)(H2,20,21,22);1H. The maximum Gasteiger partial charge on any atom is 0.239 e. The predicted octanol–water partition coefficient (Wildman–Crippen LogP) is 3.06. The molecule has 0 spiro atoms. The summed E-state index contributed by atoms with van der Waals surface area (Å²) in [5, 5.41) is 9.12. The Kier molecular flexibility index (Phi) is 11.3. The summed E-state index contributed by atoms with van der Waals surface area (Å²) in [5.74, 6) is 1.39. The zero-order chi connectivity index (χ0) is 18.9. The Morgan fingerprint density at radius 1 is 1.23 bits per heavy atom. The van der Waals surface area contributed by atoms with Crippen LogP contribution in [0.15, 0.2) is 29.3 Å². The van der Waals surface area contributed by atoms with Crippen LogP contribution in [0.5, 0.6) is 5.75 Å². The van der Waals surface area contributed by atoms with E-state index in [1.54, 1.807) is 0 Å². The summed E-state index contributed by atoms with van der Waals surface area (Å²) in [5.41, 5.74) is 0.806. The van der Waals surface area contributed by atoms with Crippen molar-refractivity contribution < 1.29 is 9.53 Å². The van der Waals surface area contributed by atoms with E-state index >= 15 is 0 Å². The van der Waals surface area contributed by atoms with Crippen molar-refractivity contribution in [2.45, 2.75) is 59.7 Å². The minimum atomic E-state index is -0.245. The van der Waals surface area contributed by atoms with E-state index in [0.29, 0.717) is 12.5 Å². The van der Waals surface area contributed by atoms with Crippen molar-refractivity contribution in [2.24, 2.45) is 4.99 Å². The first-order chi connectivity index (χ1) is 11.7. The molecule has 6 nitrogen and oxygen atoms in total. The van der Waals surface area contributed by atoms with E-state index in [4.69, 9.17) is 4.74 Å². The molecule has 0 aliphatic carbocycles. The van der Waals surface area contributed by atoms with Crippen LogP contribution in [-0.4, -0.2) is 36.6 Å². The Morgan fingerprint density at radius 2 is 1.92 bits per heavy atom. The first-order valence-corrected chi connectivity index (χ1v) is 8.78. The molecular formula is C19H33IN4O2. The second-order valence-electron chi connectivity index (χ2n) is 7.16. The van der Waals surface area contributed by atoms with Gasteiger partial charge in [0.05, 0.1) is 19.2 Å². The van der Waals surface area contributed by atoms with Crippen molar-refractivity contribution in [3.63, 3.8) is 0 Å². The van der Waals surface area contributed by atoms with E-state index < -0.39 is 0 Å². The van der Waals surface area contributed by atoms with E-state index in [-0.39, 0.29) is 48.1 Å². The zero-order valence-corrected chi connectivity index (χ0v) is 19.0. The summed E-state index contributed by atoms with van der Waals surface area (Å²) in [4.78, 5) is 16.4. The molecular weight excluding hydrogens is 443 g/mol. The molecule has 0 aliphatic heterocycles. The number of ether oxygens (including phenoxy) is 1. The Balaban J connectivity index is 0.00000625. The van der Waals surface area contributed by atoms with E-state index in [1.807, 2.05) is 65.8 Å². The van der Waals surface area contributed by atoms with Crippen LogP contribution >= 0.6 is 24.0 Å². The fraction of sp³-hybridized carbons (Fsp3) is 0.579. The number of hydrogen-bond donors (Lipinski definition) is 3. The van der Waals surface area contributed by atoms with Crippen LogP contribution in [0.25, 0.3) is 0 Å². The molecule has 1 rings (SSSR count). The third kappa shape index (κ3) is 11.2. The van der Waals surface area contributed by atoms with Crippen LogP contribution in [0.3, 0.4) is 0 Å². The van der Waals surface area contributed by atoms with Crippen molar-refractivity contribution in [3.8, 4) is 5.75 Å². The summed E-state index contributed by atoms with van der Waals surface area (Å²) in [6.45, 7) is 13.3. The van der Waals surface area contributed by atoms with Gasteiger partial charge < -0.3 is 20.7 Å². The van der Waals surface area contributed by atoms with Gasteiger partial charge in [0.2, 0.25) is 5.91 Å². The number of amides is 1. The first-order valence-electron chi connectivity index (χ1n) is 8.78. The minimum absolute atomic E-state index is 0. The van der Waals surface area contributed by atoms with Crippen molar-refractivity contribution in [1.82, 2.24) is 16.0 Å². The summed E-state index contributed by atoms with van der Waals surface area (Å²) in [6, 6.07) is 7.89. The fourth-order valence-corrected chi connectivity index (χ4v) is 2.13. The Labute approximate surface area is 174 Å². The molecule has 0 atom stereocenters. The highest BCUT2D eigenvalue weighted by atomic mass is 127. The van der Waals surface area contributed by atoms with Crippen molar-refractivity contribution in [1.29, 1.82) is 0 Å². The quantitative estimate of drug-likeness (QED) is 0.321. The van der Waals surface area contributed by atoms with Crippen molar-refractivity contribution >= 4 is 35.8 Å². The second-order valence-corrected chi connectivity index (χ2v) is 7.16. The molecule has 26 heavy (non-hydrogen) atoms. The third-order valence-electron chi connectivity index (χ3n) is 2.97. The van der Waals surface area contributed by atoms with Crippen LogP contribution in [0.4, 0.5) is 0 Å². The van der Waals surface area contributed by atoms with Crippen LogP contribution in [-0.2, 0) is 11.3 Å². The molecule has 0 aromatic heterocycles. The van der Waals surface area contributed by atoms with E-state index in [1.165, 1.54) is 0 Å². The Hall–Kier alpha value is -1.51. The highest BCUT2D eigenvalue weighted by molar-refractivity contribution is 14.0. The lowest BCUT2D eigenvalue weighted by Gasteiger charge is -2.21. The molecule has 0 radical (unpaired) electrons. The van der Waals surface area contributed by atoms with Crippen molar-refractivity contribution in [2.75, 3.05) is 13.1 Å². The Bertz CT molecular complexity index is 583. The SMILES string of the molecule is CCNC(=NCc1cccc(OC(C)C)c1)NCC(=O)NC(C)(C)C.I. The van der Waals surface area contributed by atoms with Gasteiger partial charge in [-0.3, -0.25) is 4.79 Å². The number of guanidine groups is 1. The number of rotatable bonds is 7. The number of aliphatic imine (C=N–C) groups is 1. The monoisotopic (exact) mass is 476 g/mol. The molecule has 0 aliphatic rings. The van der Waals surface area contributed by atoms with Gasteiger partial charge in [0.1, 0.15) is 5.75 Å². The van der Waals surface area contributed by atoms with Crippen LogP contribution in [0.2, 0.25) is 0 Å². The third-order valence-corrected chi connectivity index (χ3v) is 2.97. The molecule has 0 heterocycles. The normalized spacial score (nSPS) is 11.6. The lowest BCUT2D eigenvalue weighted by Crippen LogP contribution is -2.48. The topological polar surface area (TPSA) is 74.8 Å². The van der Waals surface area contributed by atoms with Gasteiger partial charge in [-0.15, -0.1) is 24.0 Å². The molecule has 1 aromatic rings. The molecule has 1 aromatic carbocycles. The molecule has 0 bridgehead atoms. The van der Waals surface area contributed by atoms with Gasteiger partial charge in [-0.1, -0.05) is 12.1 Å².